The van der Waals surface area contributed by atoms with Gasteiger partial charge in [-0.2, -0.15) is 0 Å². The van der Waals surface area contributed by atoms with Gasteiger partial charge in [-0.1, -0.05) is 29.8 Å². The molecule has 134 valence electrons. The van der Waals surface area contributed by atoms with Gasteiger partial charge in [0.2, 0.25) is 0 Å². The van der Waals surface area contributed by atoms with Crippen LogP contribution in [0.15, 0.2) is 36.4 Å². The van der Waals surface area contributed by atoms with Crippen molar-refractivity contribution >= 4 is 23.3 Å². The summed E-state index contributed by atoms with van der Waals surface area (Å²) in [6.07, 6.45) is 3.97. The molecule has 2 aromatic rings. The molecule has 2 N–H and O–H groups in total. The number of rotatable bonds is 2. The summed E-state index contributed by atoms with van der Waals surface area (Å²) in [5, 5.41) is 13.8. The zero-order chi connectivity index (χ0) is 18.0. The van der Waals surface area contributed by atoms with Crippen LogP contribution in [0, 0.1) is 24.7 Å². The molecule has 0 spiro atoms. The molecule has 2 fully saturated rings. The molecule has 4 heteroatoms. The molecule has 2 saturated carbocycles. The summed E-state index contributed by atoms with van der Waals surface area (Å²) in [4.78, 5) is 11.2. The molecule has 2 bridgehead atoms. The number of aromatic carboxylic acids is 1. The van der Waals surface area contributed by atoms with Crippen molar-refractivity contribution in [3.05, 3.63) is 63.7 Å². The van der Waals surface area contributed by atoms with Crippen LogP contribution in [-0.2, 0) is 0 Å². The predicted octanol–water partition coefficient (Wildman–Crippen LogP) is 5.64. The van der Waals surface area contributed by atoms with E-state index < -0.39 is 5.97 Å². The Morgan fingerprint density at radius 3 is 2.58 bits per heavy atom. The maximum absolute atomic E-state index is 11.2. The highest BCUT2D eigenvalue weighted by atomic mass is 35.5. The highest BCUT2D eigenvalue weighted by Crippen LogP contribution is 2.64. The molecular weight excluding hydrogens is 346 g/mol. The van der Waals surface area contributed by atoms with E-state index in [1.54, 1.807) is 12.1 Å². The first-order valence-electron chi connectivity index (χ1n) is 9.43. The summed E-state index contributed by atoms with van der Waals surface area (Å²) in [6, 6.07) is 11.9. The van der Waals surface area contributed by atoms with Crippen LogP contribution in [0.25, 0.3) is 0 Å². The summed E-state index contributed by atoms with van der Waals surface area (Å²) in [5.74, 6) is 1.82. The van der Waals surface area contributed by atoms with Crippen molar-refractivity contribution in [2.24, 2.45) is 17.8 Å². The summed E-state index contributed by atoms with van der Waals surface area (Å²) >= 11 is 6.41. The molecule has 5 atom stereocenters. The zero-order valence-corrected chi connectivity index (χ0v) is 15.5. The van der Waals surface area contributed by atoms with Crippen molar-refractivity contribution in [3.8, 4) is 0 Å². The Balaban J connectivity index is 1.62. The number of fused-ring (bicyclic) bond motifs is 7. The number of carbonyl (C=O) groups is 1. The van der Waals surface area contributed by atoms with Gasteiger partial charge < -0.3 is 10.4 Å². The van der Waals surface area contributed by atoms with Crippen LogP contribution in [0.2, 0.25) is 5.02 Å². The monoisotopic (exact) mass is 367 g/mol. The third-order valence-electron chi connectivity index (χ3n) is 6.97. The second-order valence-electron chi connectivity index (χ2n) is 8.12. The molecule has 2 aliphatic carbocycles. The lowest BCUT2D eigenvalue weighted by atomic mass is 9.67. The van der Waals surface area contributed by atoms with E-state index in [4.69, 9.17) is 11.6 Å². The molecule has 0 aromatic heterocycles. The second kappa shape index (κ2) is 5.75. The van der Waals surface area contributed by atoms with E-state index in [1.807, 2.05) is 18.2 Å². The number of halogens is 1. The molecule has 26 heavy (non-hydrogen) atoms. The molecule has 3 nitrogen and oxygen atoms in total. The van der Waals surface area contributed by atoms with Crippen LogP contribution in [0.3, 0.4) is 0 Å². The molecule has 0 amide bonds. The van der Waals surface area contributed by atoms with Gasteiger partial charge in [0.25, 0.3) is 0 Å². The van der Waals surface area contributed by atoms with E-state index in [9.17, 15) is 9.90 Å². The SMILES string of the molecule is Cc1c(Cl)ccc2c1N[C@H](c1ccc(C(=O)O)cc1)[C@H]1[C@H]3CC[C@@H](C3)[C@H]21. The summed E-state index contributed by atoms with van der Waals surface area (Å²) < 4.78 is 0. The Morgan fingerprint density at radius 2 is 1.85 bits per heavy atom. The highest BCUT2D eigenvalue weighted by Gasteiger charge is 2.54. The third kappa shape index (κ3) is 2.23. The number of nitrogens with one attached hydrogen (secondary N) is 1. The fourth-order valence-electron chi connectivity index (χ4n) is 5.84. The minimum absolute atomic E-state index is 0.225. The molecule has 0 radical (unpaired) electrons. The maximum Gasteiger partial charge on any atom is 0.335 e. The minimum Gasteiger partial charge on any atom is -0.478 e. The Morgan fingerprint density at radius 1 is 1.12 bits per heavy atom. The molecule has 5 rings (SSSR count). The number of anilines is 1. The first kappa shape index (κ1) is 16.2. The molecule has 1 aliphatic heterocycles. The number of hydrogen-bond donors (Lipinski definition) is 2. The van der Waals surface area contributed by atoms with E-state index in [0.29, 0.717) is 17.4 Å². The average molecular weight is 368 g/mol. The van der Waals surface area contributed by atoms with Gasteiger partial charge in [0, 0.05) is 10.7 Å². The molecule has 0 saturated heterocycles. The van der Waals surface area contributed by atoms with E-state index in [2.05, 4.69) is 18.3 Å². The second-order valence-corrected chi connectivity index (χ2v) is 8.53. The number of carboxylic acid groups (broad SMARTS) is 1. The van der Waals surface area contributed by atoms with E-state index in [-0.39, 0.29) is 6.04 Å². The van der Waals surface area contributed by atoms with Gasteiger partial charge >= 0.3 is 5.97 Å². The van der Waals surface area contributed by atoms with Gasteiger partial charge in [-0.25, -0.2) is 4.79 Å². The number of carboxylic acids is 1. The van der Waals surface area contributed by atoms with Gasteiger partial charge in [-0.15, -0.1) is 0 Å². The van der Waals surface area contributed by atoms with Gasteiger partial charge in [0.05, 0.1) is 11.6 Å². The van der Waals surface area contributed by atoms with E-state index in [1.165, 1.54) is 36.1 Å². The average Bonchev–Trinajstić information content (AvgIpc) is 3.26. The normalized spacial score (nSPS) is 31.2. The number of hydrogen-bond acceptors (Lipinski definition) is 2. The van der Waals surface area contributed by atoms with Gasteiger partial charge in [0.15, 0.2) is 0 Å². The molecular formula is C22H22ClNO2. The van der Waals surface area contributed by atoms with Crippen LogP contribution in [-0.4, -0.2) is 11.1 Å². The van der Waals surface area contributed by atoms with E-state index >= 15 is 0 Å². The lowest BCUT2D eigenvalue weighted by Gasteiger charge is -2.44. The minimum atomic E-state index is -0.876. The molecule has 2 aromatic carbocycles. The van der Waals surface area contributed by atoms with Crippen LogP contribution < -0.4 is 5.32 Å². The molecule has 1 heterocycles. The van der Waals surface area contributed by atoms with Crippen LogP contribution >= 0.6 is 11.6 Å². The molecule has 3 aliphatic rings. The molecule has 0 unspecified atom stereocenters. The Kier molecular flexibility index (Phi) is 3.58. The summed E-state index contributed by atoms with van der Waals surface area (Å²) in [5.41, 5.74) is 5.27. The lowest BCUT2D eigenvalue weighted by molar-refractivity contribution is 0.0697. The van der Waals surface area contributed by atoms with Crippen LogP contribution in [0.4, 0.5) is 5.69 Å². The van der Waals surface area contributed by atoms with E-state index in [0.717, 1.165) is 22.4 Å². The Bertz CT molecular complexity index is 892. The van der Waals surface area contributed by atoms with Crippen molar-refractivity contribution in [3.63, 3.8) is 0 Å². The first-order chi connectivity index (χ1) is 12.5. The van der Waals surface area contributed by atoms with Crippen LogP contribution in [0.1, 0.15) is 58.3 Å². The maximum atomic E-state index is 11.2. The fourth-order valence-corrected chi connectivity index (χ4v) is 6.00. The van der Waals surface area contributed by atoms with Gasteiger partial charge in [-0.05, 0) is 84.7 Å². The highest BCUT2D eigenvalue weighted by molar-refractivity contribution is 6.31. The van der Waals surface area contributed by atoms with Gasteiger partial charge in [0.1, 0.15) is 0 Å². The largest absolute Gasteiger partial charge is 0.478 e. The zero-order valence-electron chi connectivity index (χ0n) is 14.7. The Labute approximate surface area is 158 Å². The smallest absolute Gasteiger partial charge is 0.335 e. The van der Waals surface area contributed by atoms with Crippen molar-refractivity contribution < 1.29 is 9.90 Å². The van der Waals surface area contributed by atoms with Crippen LogP contribution in [0.5, 0.6) is 0 Å². The predicted molar refractivity (Wildman–Crippen MR) is 103 cm³/mol. The van der Waals surface area contributed by atoms with Crippen molar-refractivity contribution in [1.29, 1.82) is 0 Å². The van der Waals surface area contributed by atoms with Crippen molar-refractivity contribution in [1.82, 2.24) is 0 Å². The lowest BCUT2D eigenvalue weighted by Crippen LogP contribution is -2.35. The summed E-state index contributed by atoms with van der Waals surface area (Å²) in [7, 11) is 0. The summed E-state index contributed by atoms with van der Waals surface area (Å²) in [6.45, 7) is 2.09. The Hall–Kier alpha value is -2.00. The van der Waals surface area contributed by atoms with Crippen molar-refractivity contribution in [2.75, 3.05) is 5.32 Å². The van der Waals surface area contributed by atoms with Gasteiger partial charge in [-0.3, -0.25) is 0 Å². The first-order valence-corrected chi connectivity index (χ1v) is 9.81. The standard InChI is InChI=1S/C22H22ClNO2/c1-11-17(23)9-8-16-18-14-6-7-15(10-14)19(18)21(24-20(11)16)12-2-4-13(5-3-12)22(25)26/h2-5,8-9,14-15,18-19,21,24H,6-7,10H2,1H3,(H,25,26)/t14-,15-,18+,19-,21+/m0/s1. The quantitative estimate of drug-likeness (QED) is 0.721. The third-order valence-corrected chi connectivity index (χ3v) is 7.38. The number of benzene rings is 2. The topological polar surface area (TPSA) is 49.3 Å². The van der Waals surface area contributed by atoms with Crippen molar-refractivity contribution in [2.45, 2.75) is 38.1 Å². The fraction of sp³-hybridized carbons (Fsp3) is 0.409.